The Kier molecular flexibility index (Phi) is 7.91. The summed E-state index contributed by atoms with van der Waals surface area (Å²) in [6.07, 6.45) is 1.000. The molecule has 1 amide bonds. The SMILES string of the molecule is CC(N)C(C)C(=O)NCc1ccc(OCCCN(C)C)cc1. The summed E-state index contributed by atoms with van der Waals surface area (Å²) >= 11 is 0. The minimum Gasteiger partial charge on any atom is -0.494 e. The van der Waals surface area contributed by atoms with Crippen LogP contribution in [-0.2, 0) is 11.3 Å². The Morgan fingerprint density at radius 1 is 1.27 bits per heavy atom. The molecule has 0 aliphatic heterocycles. The number of amides is 1. The predicted molar refractivity (Wildman–Crippen MR) is 89.8 cm³/mol. The molecule has 22 heavy (non-hydrogen) atoms. The van der Waals surface area contributed by atoms with Crippen LogP contribution in [0.5, 0.6) is 5.75 Å². The summed E-state index contributed by atoms with van der Waals surface area (Å²) in [4.78, 5) is 14.0. The highest BCUT2D eigenvalue weighted by Crippen LogP contribution is 2.12. The fourth-order valence-corrected chi connectivity index (χ4v) is 1.86. The van der Waals surface area contributed by atoms with E-state index in [0.717, 1.165) is 24.3 Å². The van der Waals surface area contributed by atoms with Crippen LogP contribution in [0.3, 0.4) is 0 Å². The van der Waals surface area contributed by atoms with Crippen LogP contribution in [0.1, 0.15) is 25.8 Å². The molecule has 0 fully saturated rings. The van der Waals surface area contributed by atoms with Gasteiger partial charge in [0.25, 0.3) is 0 Å². The minimum absolute atomic E-state index is 0.0148. The third kappa shape index (κ3) is 6.91. The van der Waals surface area contributed by atoms with Crippen LogP contribution >= 0.6 is 0 Å². The first kappa shape index (κ1) is 18.5. The summed E-state index contributed by atoms with van der Waals surface area (Å²) in [7, 11) is 4.10. The molecule has 0 radical (unpaired) electrons. The normalized spacial score (nSPS) is 13.7. The van der Waals surface area contributed by atoms with Gasteiger partial charge in [-0.15, -0.1) is 0 Å². The average Bonchev–Trinajstić information content (AvgIpc) is 2.49. The molecule has 1 aromatic rings. The molecule has 0 spiro atoms. The number of ether oxygens (including phenoxy) is 1. The number of hydrogen-bond acceptors (Lipinski definition) is 4. The highest BCUT2D eigenvalue weighted by Gasteiger charge is 2.16. The standard InChI is InChI=1S/C17H29N3O2/c1-13(14(2)18)17(21)19-12-15-6-8-16(9-7-15)22-11-5-10-20(3)4/h6-9,13-14H,5,10-12,18H2,1-4H3,(H,19,21). The molecule has 0 saturated heterocycles. The van der Waals surface area contributed by atoms with E-state index in [9.17, 15) is 4.79 Å². The zero-order valence-corrected chi connectivity index (χ0v) is 14.1. The third-order valence-electron chi connectivity index (χ3n) is 3.61. The first-order valence-corrected chi connectivity index (χ1v) is 7.80. The van der Waals surface area contributed by atoms with E-state index in [2.05, 4.69) is 24.3 Å². The lowest BCUT2D eigenvalue weighted by molar-refractivity contribution is -0.125. The first-order chi connectivity index (χ1) is 10.4. The zero-order chi connectivity index (χ0) is 16.5. The maximum Gasteiger partial charge on any atom is 0.224 e. The Labute approximate surface area is 133 Å². The molecule has 1 rings (SSSR count). The van der Waals surface area contributed by atoms with Gasteiger partial charge in [-0.25, -0.2) is 0 Å². The van der Waals surface area contributed by atoms with Crippen molar-refractivity contribution in [2.24, 2.45) is 11.7 Å². The van der Waals surface area contributed by atoms with E-state index in [0.29, 0.717) is 13.2 Å². The second-order valence-corrected chi connectivity index (χ2v) is 6.01. The second-order valence-electron chi connectivity index (χ2n) is 6.01. The molecule has 3 N–H and O–H groups in total. The van der Waals surface area contributed by atoms with Gasteiger partial charge in [-0.05, 0) is 45.1 Å². The summed E-state index contributed by atoms with van der Waals surface area (Å²) in [6, 6.07) is 7.67. The number of nitrogens with two attached hydrogens (primary N) is 1. The van der Waals surface area contributed by atoms with Crippen LogP contribution in [0.25, 0.3) is 0 Å². The Morgan fingerprint density at radius 2 is 1.91 bits per heavy atom. The average molecular weight is 307 g/mol. The van der Waals surface area contributed by atoms with E-state index in [1.54, 1.807) is 0 Å². The number of carbonyl (C=O) groups excluding carboxylic acids is 1. The molecule has 124 valence electrons. The molecule has 2 unspecified atom stereocenters. The van der Waals surface area contributed by atoms with Crippen LogP contribution in [0.4, 0.5) is 0 Å². The number of rotatable bonds is 9. The van der Waals surface area contributed by atoms with Crippen molar-refractivity contribution < 1.29 is 9.53 Å². The Morgan fingerprint density at radius 3 is 2.45 bits per heavy atom. The molecule has 0 aliphatic carbocycles. The monoisotopic (exact) mass is 307 g/mol. The summed E-state index contributed by atoms with van der Waals surface area (Å²) in [5.74, 6) is 0.663. The van der Waals surface area contributed by atoms with Crippen molar-refractivity contribution in [3.8, 4) is 5.75 Å². The maximum atomic E-state index is 11.8. The van der Waals surface area contributed by atoms with E-state index in [1.165, 1.54) is 0 Å². The van der Waals surface area contributed by atoms with E-state index in [4.69, 9.17) is 10.5 Å². The van der Waals surface area contributed by atoms with Crippen molar-refractivity contribution >= 4 is 5.91 Å². The molecule has 0 aromatic heterocycles. The van der Waals surface area contributed by atoms with Gasteiger partial charge in [0.05, 0.1) is 6.61 Å². The molecule has 1 aromatic carbocycles. The van der Waals surface area contributed by atoms with Crippen LogP contribution in [0, 0.1) is 5.92 Å². The number of nitrogens with zero attached hydrogens (tertiary/aromatic N) is 1. The number of carbonyl (C=O) groups is 1. The predicted octanol–water partition coefficient (Wildman–Crippen LogP) is 1.62. The van der Waals surface area contributed by atoms with Gasteiger partial charge in [-0.1, -0.05) is 19.1 Å². The smallest absolute Gasteiger partial charge is 0.224 e. The maximum absolute atomic E-state index is 11.8. The molecule has 5 heteroatoms. The summed E-state index contributed by atoms with van der Waals surface area (Å²) in [6.45, 7) is 5.91. The van der Waals surface area contributed by atoms with Crippen molar-refractivity contribution in [1.82, 2.24) is 10.2 Å². The summed E-state index contributed by atoms with van der Waals surface area (Å²) in [5, 5.41) is 2.90. The lowest BCUT2D eigenvalue weighted by atomic mass is 10.0. The lowest BCUT2D eigenvalue weighted by Gasteiger charge is -2.15. The van der Waals surface area contributed by atoms with Crippen molar-refractivity contribution in [3.05, 3.63) is 29.8 Å². The van der Waals surface area contributed by atoms with Crippen molar-refractivity contribution in [2.45, 2.75) is 32.9 Å². The Balaban J connectivity index is 2.34. The van der Waals surface area contributed by atoms with Gasteiger partial charge in [-0.3, -0.25) is 4.79 Å². The second kappa shape index (κ2) is 9.43. The van der Waals surface area contributed by atoms with Gasteiger partial charge >= 0.3 is 0 Å². The number of nitrogens with one attached hydrogen (secondary N) is 1. The molecule has 0 saturated carbocycles. The molecule has 2 atom stereocenters. The minimum atomic E-state index is -0.181. The quantitative estimate of drug-likeness (QED) is 0.680. The van der Waals surface area contributed by atoms with Crippen LogP contribution in [0.15, 0.2) is 24.3 Å². The van der Waals surface area contributed by atoms with Gasteiger partial charge < -0.3 is 20.7 Å². The summed E-state index contributed by atoms with van der Waals surface area (Å²) < 4.78 is 5.68. The number of benzene rings is 1. The zero-order valence-electron chi connectivity index (χ0n) is 14.1. The summed E-state index contributed by atoms with van der Waals surface area (Å²) in [5.41, 5.74) is 6.77. The fraction of sp³-hybridized carbons (Fsp3) is 0.588. The van der Waals surface area contributed by atoms with E-state index >= 15 is 0 Å². The lowest BCUT2D eigenvalue weighted by Crippen LogP contribution is -2.38. The first-order valence-electron chi connectivity index (χ1n) is 7.80. The van der Waals surface area contributed by atoms with Crippen LogP contribution < -0.4 is 15.8 Å². The van der Waals surface area contributed by atoms with Crippen LogP contribution in [0.2, 0.25) is 0 Å². The Bertz CT molecular complexity index is 444. The van der Waals surface area contributed by atoms with Crippen molar-refractivity contribution in [1.29, 1.82) is 0 Å². The fourth-order valence-electron chi connectivity index (χ4n) is 1.86. The van der Waals surface area contributed by atoms with E-state index in [1.807, 2.05) is 38.1 Å². The number of hydrogen-bond donors (Lipinski definition) is 2. The third-order valence-corrected chi connectivity index (χ3v) is 3.61. The van der Waals surface area contributed by atoms with E-state index in [-0.39, 0.29) is 17.9 Å². The molecule has 0 heterocycles. The highest BCUT2D eigenvalue weighted by molar-refractivity contribution is 5.78. The van der Waals surface area contributed by atoms with Gasteiger partial charge in [0, 0.05) is 25.0 Å². The van der Waals surface area contributed by atoms with Crippen LogP contribution in [-0.4, -0.2) is 44.1 Å². The van der Waals surface area contributed by atoms with Gasteiger partial charge in [-0.2, -0.15) is 0 Å². The topological polar surface area (TPSA) is 67.6 Å². The molecule has 5 nitrogen and oxygen atoms in total. The van der Waals surface area contributed by atoms with Gasteiger partial charge in [0.15, 0.2) is 0 Å². The molecule has 0 aliphatic rings. The Hall–Kier alpha value is -1.59. The highest BCUT2D eigenvalue weighted by atomic mass is 16.5. The molecular formula is C17H29N3O2. The van der Waals surface area contributed by atoms with Crippen molar-refractivity contribution in [2.75, 3.05) is 27.2 Å². The molecular weight excluding hydrogens is 278 g/mol. The molecule has 0 bridgehead atoms. The van der Waals surface area contributed by atoms with Crippen molar-refractivity contribution in [3.63, 3.8) is 0 Å². The van der Waals surface area contributed by atoms with Gasteiger partial charge in [0.2, 0.25) is 5.91 Å². The van der Waals surface area contributed by atoms with Gasteiger partial charge in [0.1, 0.15) is 5.75 Å². The van der Waals surface area contributed by atoms with E-state index < -0.39 is 0 Å². The largest absolute Gasteiger partial charge is 0.494 e.